The van der Waals surface area contributed by atoms with Crippen molar-refractivity contribution < 1.29 is 18.3 Å². The number of carbonyl (C=O) groups is 1. The van der Waals surface area contributed by atoms with Crippen LogP contribution < -0.4 is 5.11 Å². The third-order valence-electron chi connectivity index (χ3n) is 3.81. The van der Waals surface area contributed by atoms with E-state index in [2.05, 4.69) is 6.92 Å². The number of aryl methyl sites for hydroxylation is 1. The fourth-order valence-electron chi connectivity index (χ4n) is 2.36. The van der Waals surface area contributed by atoms with Gasteiger partial charge in [0, 0.05) is 18.7 Å². The van der Waals surface area contributed by atoms with Crippen LogP contribution in [0, 0.1) is 12.8 Å². The lowest BCUT2D eigenvalue weighted by molar-refractivity contribution is -0.255. The first-order valence-electron chi connectivity index (χ1n) is 6.64. The number of piperidine rings is 1. The quantitative estimate of drug-likeness (QED) is 0.826. The van der Waals surface area contributed by atoms with Crippen LogP contribution in [-0.2, 0) is 10.0 Å². The van der Waals surface area contributed by atoms with Gasteiger partial charge in [-0.3, -0.25) is 0 Å². The normalized spacial score (nSPS) is 18.1. The second-order valence-electron chi connectivity index (χ2n) is 5.35. The Morgan fingerprint density at radius 3 is 2.45 bits per heavy atom. The number of carbonyl (C=O) groups excluding carboxylic acids is 1. The standard InChI is InChI=1S/C14H19NO4S/c1-10-5-7-15(8-6-10)20(18,19)12-4-3-11(2)13(9-12)14(16)17/h3-4,9-10H,5-8H2,1-2H3,(H,16,17)/p-1. The van der Waals surface area contributed by atoms with Crippen LogP contribution in [0.4, 0.5) is 0 Å². The van der Waals surface area contributed by atoms with Crippen LogP contribution in [0.15, 0.2) is 23.1 Å². The molecule has 1 aromatic rings. The minimum absolute atomic E-state index is 0.0249. The van der Waals surface area contributed by atoms with Crippen LogP contribution in [0.25, 0.3) is 0 Å². The second kappa shape index (κ2) is 5.54. The minimum atomic E-state index is -3.62. The van der Waals surface area contributed by atoms with Crippen LogP contribution in [0.5, 0.6) is 0 Å². The molecular weight excluding hydrogens is 278 g/mol. The summed E-state index contributed by atoms with van der Waals surface area (Å²) in [5, 5.41) is 11.0. The molecular formula is C14H18NO4S-. The summed E-state index contributed by atoms with van der Waals surface area (Å²) in [5.74, 6) is -0.829. The largest absolute Gasteiger partial charge is 0.545 e. The molecule has 1 aromatic carbocycles. The van der Waals surface area contributed by atoms with Crippen LogP contribution in [-0.4, -0.2) is 31.8 Å². The summed E-state index contributed by atoms with van der Waals surface area (Å²) in [6, 6.07) is 4.15. The highest BCUT2D eigenvalue weighted by molar-refractivity contribution is 7.89. The molecule has 1 heterocycles. The van der Waals surface area contributed by atoms with E-state index in [4.69, 9.17) is 0 Å². The van der Waals surface area contributed by atoms with Crippen molar-refractivity contribution in [1.29, 1.82) is 0 Å². The molecule has 20 heavy (non-hydrogen) atoms. The number of carboxylic acids is 1. The summed E-state index contributed by atoms with van der Waals surface area (Å²) in [6.45, 7) is 4.68. The second-order valence-corrected chi connectivity index (χ2v) is 7.29. The number of rotatable bonds is 3. The van der Waals surface area contributed by atoms with E-state index in [-0.39, 0.29) is 10.5 Å². The molecule has 0 aliphatic carbocycles. The molecule has 5 nitrogen and oxygen atoms in total. The summed E-state index contributed by atoms with van der Waals surface area (Å²) in [5.41, 5.74) is 0.424. The molecule has 1 fully saturated rings. The summed E-state index contributed by atoms with van der Waals surface area (Å²) < 4.78 is 26.4. The van der Waals surface area contributed by atoms with Crippen molar-refractivity contribution in [2.45, 2.75) is 31.6 Å². The molecule has 1 aliphatic heterocycles. The zero-order valence-corrected chi connectivity index (χ0v) is 12.4. The Morgan fingerprint density at radius 1 is 1.30 bits per heavy atom. The molecule has 0 amide bonds. The summed E-state index contributed by atoms with van der Waals surface area (Å²) in [4.78, 5) is 11.0. The van der Waals surface area contributed by atoms with Gasteiger partial charge < -0.3 is 9.90 Å². The third-order valence-corrected chi connectivity index (χ3v) is 5.70. The van der Waals surface area contributed by atoms with Gasteiger partial charge in [0.2, 0.25) is 10.0 Å². The van der Waals surface area contributed by atoms with Crippen molar-refractivity contribution in [3.8, 4) is 0 Å². The van der Waals surface area contributed by atoms with Crippen molar-refractivity contribution in [2.75, 3.05) is 13.1 Å². The minimum Gasteiger partial charge on any atom is -0.545 e. The van der Waals surface area contributed by atoms with E-state index < -0.39 is 16.0 Å². The maximum absolute atomic E-state index is 12.5. The predicted octanol–water partition coefficient (Wildman–Crippen LogP) is 0.779. The number of aromatic carboxylic acids is 1. The van der Waals surface area contributed by atoms with Crippen molar-refractivity contribution in [2.24, 2.45) is 5.92 Å². The van der Waals surface area contributed by atoms with Gasteiger partial charge in [0.15, 0.2) is 0 Å². The maximum atomic E-state index is 12.5. The Labute approximate surface area is 119 Å². The highest BCUT2D eigenvalue weighted by atomic mass is 32.2. The number of hydrogen-bond donors (Lipinski definition) is 0. The van der Waals surface area contributed by atoms with Crippen LogP contribution >= 0.6 is 0 Å². The average molecular weight is 296 g/mol. The molecule has 110 valence electrons. The van der Waals surface area contributed by atoms with Gasteiger partial charge in [0.05, 0.1) is 10.9 Å². The summed E-state index contributed by atoms with van der Waals surface area (Å²) >= 11 is 0. The lowest BCUT2D eigenvalue weighted by atomic mass is 10.0. The molecule has 6 heteroatoms. The van der Waals surface area contributed by atoms with Crippen LogP contribution in [0.2, 0.25) is 0 Å². The number of benzene rings is 1. The van der Waals surface area contributed by atoms with Gasteiger partial charge in [0.25, 0.3) is 0 Å². The van der Waals surface area contributed by atoms with E-state index in [1.807, 2.05) is 0 Å². The maximum Gasteiger partial charge on any atom is 0.243 e. The van der Waals surface area contributed by atoms with Gasteiger partial charge in [-0.25, -0.2) is 8.42 Å². The highest BCUT2D eigenvalue weighted by Gasteiger charge is 2.28. The lowest BCUT2D eigenvalue weighted by Crippen LogP contribution is -2.38. The van der Waals surface area contributed by atoms with Crippen LogP contribution in [0.1, 0.15) is 35.7 Å². The van der Waals surface area contributed by atoms with E-state index in [9.17, 15) is 18.3 Å². The van der Waals surface area contributed by atoms with Gasteiger partial charge in [-0.2, -0.15) is 4.31 Å². The molecule has 0 spiro atoms. The van der Waals surface area contributed by atoms with E-state index in [1.165, 1.54) is 22.5 Å². The molecule has 0 radical (unpaired) electrons. The zero-order valence-electron chi connectivity index (χ0n) is 11.6. The van der Waals surface area contributed by atoms with Crippen molar-refractivity contribution in [3.63, 3.8) is 0 Å². The zero-order chi connectivity index (χ0) is 14.9. The first-order chi connectivity index (χ1) is 9.32. The van der Waals surface area contributed by atoms with E-state index >= 15 is 0 Å². The monoisotopic (exact) mass is 296 g/mol. The predicted molar refractivity (Wildman–Crippen MR) is 72.7 cm³/mol. The molecule has 0 saturated carbocycles. The van der Waals surface area contributed by atoms with Crippen LogP contribution in [0.3, 0.4) is 0 Å². The molecule has 0 aromatic heterocycles. The Bertz CT molecular complexity index is 616. The molecule has 0 bridgehead atoms. The smallest absolute Gasteiger partial charge is 0.243 e. The van der Waals surface area contributed by atoms with E-state index in [0.717, 1.165) is 12.8 Å². The Kier molecular flexibility index (Phi) is 4.15. The van der Waals surface area contributed by atoms with Gasteiger partial charge in [-0.15, -0.1) is 0 Å². The van der Waals surface area contributed by atoms with Gasteiger partial charge in [-0.1, -0.05) is 13.0 Å². The topological polar surface area (TPSA) is 77.5 Å². The molecule has 1 aliphatic rings. The number of carboxylic acid groups (broad SMARTS) is 1. The fraction of sp³-hybridized carbons (Fsp3) is 0.500. The number of hydrogen-bond acceptors (Lipinski definition) is 4. The Hall–Kier alpha value is -1.40. The van der Waals surface area contributed by atoms with Gasteiger partial charge in [-0.05, 0) is 43.4 Å². The molecule has 0 unspecified atom stereocenters. The molecule has 0 atom stereocenters. The summed E-state index contributed by atoms with van der Waals surface area (Å²) in [7, 11) is -3.62. The number of nitrogens with zero attached hydrogens (tertiary/aromatic N) is 1. The molecule has 1 saturated heterocycles. The van der Waals surface area contributed by atoms with E-state index in [1.54, 1.807) is 6.92 Å². The van der Waals surface area contributed by atoms with Gasteiger partial charge in [0.1, 0.15) is 0 Å². The van der Waals surface area contributed by atoms with Crippen molar-refractivity contribution in [3.05, 3.63) is 29.3 Å². The third kappa shape index (κ3) is 2.86. The number of sulfonamides is 1. The molecule has 0 N–H and O–H groups in total. The fourth-order valence-corrected chi connectivity index (χ4v) is 3.85. The van der Waals surface area contributed by atoms with Crippen molar-refractivity contribution >= 4 is 16.0 Å². The highest BCUT2D eigenvalue weighted by Crippen LogP contribution is 2.24. The Morgan fingerprint density at radius 2 is 1.90 bits per heavy atom. The van der Waals surface area contributed by atoms with Gasteiger partial charge >= 0.3 is 0 Å². The average Bonchev–Trinajstić information content (AvgIpc) is 2.39. The summed E-state index contributed by atoms with van der Waals surface area (Å²) in [6.07, 6.45) is 1.66. The lowest BCUT2D eigenvalue weighted by Gasteiger charge is -2.29. The van der Waals surface area contributed by atoms with Crippen molar-refractivity contribution in [1.82, 2.24) is 4.31 Å². The first-order valence-corrected chi connectivity index (χ1v) is 8.08. The SMILES string of the molecule is Cc1ccc(S(=O)(=O)N2CCC(C)CC2)cc1C(=O)[O-]. The van der Waals surface area contributed by atoms with E-state index in [0.29, 0.717) is 24.6 Å². The first kappa shape index (κ1) is 15.0. The Balaban J connectivity index is 2.35. The molecule has 2 rings (SSSR count).